The summed E-state index contributed by atoms with van der Waals surface area (Å²) in [6, 6.07) is 2.79. The fourth-order valence-electron chi connectivity index (χ4n) is 4.25. The Labute approximate surface area is 189 Å². The van der Waals surface area contributed by atoms with Crippen molar-refractivity contribution in [2.45, 2.75) is 71.6 Å². The molecule has 32 heavy (non-hydrogen) atoms. The smallest absolute Gasteiger partial charge is 0.232 e. The fourth-order valence-corrected chi connectivity index (χ4v) is 4.25. The summed E-state index contributed by atoms with van der Waals surface area (Å²) in [7, 11) is 0. The van der Waals surface area contributed by atoms with E-state index in [0.717, 1.165) is 31.4 Å². The Morgan fingerprint density at radius 2 is 1.78 bits per heavy atom. The number of carbonyl (C=O) groups excluding carboxylic acids is 1. The van der Waals surface area contributed by atoms with E-state index < -0.39 is 35.3 Å². The van der Waals surface area contributed by atoms with Crippen LogP contribution in [-0.4, -0.2) is 70.6 Å². The van der Waals surface area contributed by atoms with Crippen molar-refractivity contribution < 1.29 is 28.9 Å². The van der Waals surface area contributed by atoms with Crippen molar-refractivity contribution in [2.24, 2.45) is 11.3 Å². The molecule has 1 amide bonds. The van der Waals surface area contributed by atoms with Crippen LogP contribution in [0.4, 0.5) is 14.5 Å². The van der Waals surface area contributed by atoms with Crippen molar-refractivity contribution in [1.82, 2.24) is 4.90 Å². The molecule has 1 saturated heterocycles. The molecule has 2 rings (SSSR count). The first-order valence-corrected chi connectivity index (χ1v) is 11.5. The van der Waals surface area contributed by atoms with Crippen molar-refractivity contribution in [1.29, 1.82) is 0 Å². The van der Waals surface area contributed by atoms with Crippen LogP contribution in [0.15, 0.2) is 18.2 Å². The average molecular weight is 457 g/mol. The van der Waals surface area contributed by atoms with E-state index in [1.54, 1.807) is 20.8 Å². The lowest BCUT2D eigenvalue weighted by atomic mass is 9.88. The van der Waals surface area contributed by atoms with E-state index in [2.05, 4.69) is 0 Å². The number of nitrogens with zero attached hydrogens (tertiary/aromatic N) is 2. The van der Waals surface area contributed by atoms with E-state index in [-0.39, 0.29) is 24.1 Å². The third kappa shape index (κ3) is 6.70. The summed E-state index contributed by atoms with van der Waals surface area (Å²) in [5, 5.41) is 29.8. The number of likely N-dealkylation sites (tertiary alicyclic amines) is 1. The number of amides is 1. The normalized spacial score (nSPS) is 24.5. The Hall–Kier alpha value is -1.61. The summed E-state index contributed by atoms with van der Waals surface area (Å²) in [5.41, 5.74) is -0.608. The highest BCUT2D eigenvalue weighted by atomic mass is 19.1. The lowest BCUT2D eigenvalue weighted by molar-refractivity contribution is -0.125. The molecule has 4 atom stereocenters. The maximum atomic E-state index is 14.3. The van der Waals surface area contributed by atoms with E-state index in [9.17, 15) is 28.9 Å². The molecule has 1 heterocycles. The predicted octanol–water partition coefficient (Wildman–Crippen LogP) is 2.94. The van der Waals surface area contributed by atoms with Crippen LogP contribution >= 0.6 is 0 Å². The van der Waals surface area contributed by atoms with Gasteiger partial charge in [-0.2, -0.15) is 0 Å². The topological polar surface area (TPSA) is 84.2 Å². The number of carbonyl (C=O) groups is 1. The molecule has 4 unspecified atom stereocenters. The second kappa shape index (κ2) is 11.5. The third-order valence-electron chi connectivity index (χ3n) is 6.17. The minimum Gasteiger partial charge on any atom is -0.395 e. The van der Waals surface area contributed by atoms with Gasteiger partial charge >= 0.3 is 0 Å². The van der Waals surface area contributed by atoms with Gasteiger partial charge in [-0.1, -0.05) is 40.5 Å². The fraction of sp³-hybridized carbons (Fsp3) is 0.708. The molecule has 3 N–H and O–H groups in total. The van der Waals surface area contributed by atoms with E-state index in [4.69, 9.17) is 0 Å². The molecule has 1 aromatic rings. The predicted molar refractivity (Wildman–Crippen MR) is 120 cm³/mol. The first-order chi connectivity index (χ1) is 15.0. The number of rotatable bonds is 9. The molecule has 0 radical (unpaired) electrons. The van der Waals surface area contributed by atoms with E-state index >= 15 is 0 Å². The van der Waals surface area contributed by atoms with Crippen LogP contribution in [0.5, 0.6) is 0 Å². The summed E-state index contributed by atoms with van der Waals surface area (Å²) >= 11 is 0. The molecule has 1 fully saturated rings. The molecular formula is C24H38F2N2O4. The summed E-state index contributed by atoms with van der Waals surface area (Å²) in [4.78, 5) is 16.3. The summed E-state index contributed by atoms with van der Waals surface area (Å²) in [6.07, 6.45) is 1.39. The third-order valence-corrected chi connectivity index (χ3v) is 6.17. The van der Waals surface area contributed by atoms with Gasteiger partial charge < -0.3 is 20.2 Å². The van der Waals surface area contributed by atoms with Crippen molar-refractivity contribution in [3.05, 3.63) is 29.8 Å². The van der Waals surface area contributed by atoms with Crippen LogP contribution in [-0.2, 0) is 4.79 Å². The summed E-state index contributed by atoms with van der Waals surface area (Å²) < 4.78 is 27.7. The average Bonchev–Trinajstić information content (AvgIpc) is 2.71. The molecule has 1 aromatic carbocycles. The Kier molecular flexibility index (Phi) is 9.57. The molecule has 6 nitrogen and oxygen atoms in total. The van der Waals surface area contributed by atoms with Gasteiger partial charge in [-0.3, -0.25) is 9.69 Å². The van der Waals surface area contributed by atoms with Gasteiger partial charge in [-0.05, 0) is 37.4 Å². The van der Waals surface area contributed by atoms with Crippen molar-refractivity contribution in [2.75, 3.05) is 31.1 Å². The molecule has 0 aliphatic carbocycles. The summed E-state index contributed by atoms with van der Waals surface area (Å²) in [5.74, 6) is -1.73. The maximum absolute atomic E-state index is 14.3. The minimum absolute atomic E-state index is 0.0737. The molecular weight excluding hydrogens is 418 g/mol. The van der Waals surface area contributed by atoms with Crippen LogP contribution in [0.2, 0.25) is 0 Å². The molecule has 8 heteroatoms. The SMILES string of the molecule is CC1CN(CCCCCCN(C(=O)C(C)(C)C)c2ccc(F)cc2F)C(CO)C(O)C1O. The number of halogens is 2. The van der Waals surface area contributed by atoms with Gasteiger partial charge in [0.25, 0.3) is 0 Å². The minimum atomic E-state index is -0.966. The molecule has 0 aromatic heterocycles. The Bertz CT molecular complexity index is 756. The van der Waals surface area contributed by atoms with E-state index in [0.29, 0.717) is 26.1 Å². The van der Waals surface area contributed by atoms with Gasteiger partial charge in [-0.15, -0.1) is 0 Å². The first-order valence-electron chi connectivity index (χ1n) is 11.5. The van der Waals surface area contributed by atoms with Crippen molar-refractivity contribution >= 4 is 11.6 Å². The zero-order valence-corrected chi connectivity index (χ0v) is 19.6. The number of unbranched alkanes of at least 4 members (excludes halogenated alkanes) is 3. The number of aliphatic hydroxyl groups excluding tert-OH is 3. The van der Waals surface area contributed by atoms with Gasteiger partial charge in [0.2, 0.25) is 5.91 Å². The molecule has 0 spiro atoms. The molecule has 1 aliphatic rings. The largest absolute Gasteiger partial charge is 0.395 e. The van der Waals surface area contributed by atoms with E-state index in [1.807, 2.05) is 11.8 Å². The van der Waals surface area contributed by atoms with Crippen LogP contribution < -0.4 is 4.90 Å². The number of anilines is 1. The van der Waals surface area contributed by atoms with Gasteiger partial charge in [0.05, 0.1) is 30.5 Å². The zero-order valence-electron chi connectivity index (χ0n) is 19.6. The van der Waals surface area contributed by atoms with Crippen LogP contribution in [0, 0.1) is 23.0 Å². The molecule has 0 bridgehead atoms. The molecule has 182 valence electrons. The second-order valence-electron chi connectivity index (χ2n) is 9.92. The quantitative estimate of drug-likeness (QED) is 0.498. The van der Waals surface area contributed by atoms with Crippen LogP contribution in [0.25, 0.3) is 0 Å². The Morgan fingerprint density at radius 1 is 1.12 bits per heavy atom. The van der Waals surface area contributed by atoms with Crippen LogP contribution in [0.1, 0.15) is 53.4 Å². The molecule has 1 aliphatic heterocycles. The first kappa shape index (κ1) is 26.6. The maximum Gasteiger partial charge on any atom is 0.232 e. The van der Waals surface area contributed by atoms with Crippen molar-refractivity contribution in [3.8, 4) is 0 Å². The van der Waals surface area contributed by atoms with Crippen LogP contribution in [0.3, 0.4) is 0 Å². The van der Waals surface area contributed by atoms with Crippen molar-refractivity contribution in [3.63, 3.8) is 0 Å². The highest BCUT2D eigenvalue weighted by molar-refractivity contribution is 5.97. The van der Waals surface area contributed by atoms with Gasteiger partial charge in [0.1, 0.15) is 11.6 Å². The number of hydrogen-bond donors (Lipinski definition) is 3. The van der Waals surface area contributed by atoms with Gasteiger partial charge in [0, 0.05) is 24.6 Å². The number of hydrogen-bond acceptors (Lipinski definition) is 5. The summed E-state index contributed by atoms with van der Waals surface area (Å²) in [6.45, 7) is 8.62. The van der Waals surface area contributed by atoms with Gasteiger partial charge in [0.15, 0.2) is 0 Å². The Morgan fingerprint density at radius 3 is 2.38 bits per heavy atom. The number of piperidine rings is 1. The van der Waals surface area contributed by atoms with Gasteiger partial charge in [-0.25, -0.2) is 8.78 Å². The zero-order chi connectivity index (χ0) is 24.1. The number of benzene rings is 1. The lowest BCUT2D eigenvalue weighted by Gasteiger charge is -2.44. The second-order valence-corrected chi connectivity index (χ2v) is 9.92. The molecule has 0 saturated carbocycles. The highest BCUT2D eigenvalue weighted by Gasteiger charge is 2.39. The monoisotopic (exact) mass is 456 g/mol. The Balaban J connectivity index is 1.88. The highest BCUT2D eigenvalue weighted by Crippen LogP contribution is 2.27. The van der Waals surface area contributed by atoms with E-state index in [1.165, 1.54) is 11.0 Å². The number of aliphatic hydroxyl groups is 3. The lowest BCUT2D eigenvalue weighted by Crippen LogP contribution is -2.59. The standard InChI is InChI=1S/C24H38F2N2O4/c1-16-14-27(20(15-29)22(31)21(16)30)11-7-5-6-8-12-28(23(32)24(2,3)4)19-10-9-17(25)13-18(19)26/h9-10,13,16,20-22,29-31H,5-8,11-12,14-15H2,1-4H3.